The summed E-state index contributed by atoms with van der Waals surface area (Å²) >= 11 is 0. The van der Waals surface area contributed by atoms with E-state index in [0.29, 0.717) is 0 Å². The predicted octanol–water partition coefficient (Wildman–Crippen LogP) is 2.79. The van der Waals surface area contributed by atoms with Gasteiger partial charge in [0.2, 0.25) is 0 Å². The van der Waals surface area contributed by atoms with E-state index in [1.54, 1.807) is 6.07 Å². The molecule has 0 aliphatic heterocycles. The van der Waals surface area contributed by atoms with Crippen LogP contribution in [-0.2, 0) is 0 Å². The SMILES string of the molecule is C=CCC[C@H](N)c1cccc(F)c1. The first kappa shape index (κ1) is 9.93. The predicted molar refractivity (Wildman–Crippen MR) is 52.8 cm³/mol. The van der Waals surface area contributed by atoms with Crippen molar-refractivity contribution in [3.8, 4) is 0 Å². The average Bonchev–Trinajstić information content (AvgIpc) is 2.14. The molecule has 0 saturated heterocycles. The lowest BCUT2D eigenvalue weighted by molar-refractivity contribution is 0.611. The first-order valence-electron chi connectivity index (χ1n) is 4.36. The highest BCUT2D eigenvalue weighted by Gasteiger charge is 2.04. The summed E-state index contributed by atoms with van der Waals surface area (Å²) in [5.41, 5.74) is 6.68. The van der Waals surface area contributed by atoms with Crippen molar-refractivity contribution >= 4 is 0 Å². The Morgan fingerprint density at radius 2 is 2.31 bits per heavy atom. The van der Waals surface area contributed by atoms with Gasteiger partial charge in [0.25, 0.3) is 0 Å². The number of hydrogen-bond acceptors (Lipinski definition) is 1. The fourth-order valence-electron chi connectivity index (χ4n) is 1.20. The van der Waals surface area contributed by atoms with Gasteiger partial charge < -0.3 is 5.73 Å². The molecule has 0 radical (unpaired) electrons. The number of benzene rings is 1. The van der Waals surface area contributed by atoms with E-state index in [9.17, 15) is 4.39 Å². The van der Waals surface area contributed by atoms with E-state index < -0.39 is 0 Å². The minimum Gasteiger partial charge on any atom is -0.324 e. The zero-order chi connectivity index (χ0) is 9.68. The van der Waals surface area contributed by atoms with E-state index >= 15 is 0 Å². The Morgan fingerprint density at radius 1 is 1.54 bits per heavy atom. The Morgan fingerprint density at radius 3 is 2.92 bits per heavy atom. The topological polar surface area (TPSA) is 26.0 Å². The minimum absolute atomic E-state index is 0.0892. The van der Waals surface area contributed by atoms with E-state index in [4.69, 9.17) is 5.73 Å². The molecule has 0 heterocycles. The molecular formula is C11H14FN. The molecule has 0 fully saturated rings. The van der Waals surface area contributed by atoms with Gasteiger partial charge in [-0.25, -0.2) is 4.39 Å². The van der Waals surface area contributed by atoms with Crippen molar-refractivity contribution in [3.63, 3.8) is 0 Å². The van der Waals surface area contributed by atoms with E-state index in [1.807, 2.05) is 12.1 Å². The van der Waals surface area contributed by atoms with Crippen LogP contribution in [0.3, 0.4) is 0 Å². The van der Waals surface area contributed by atoms with Crippen LogP contribution in [0.4, 0.5) is 4.39 Å². The number of allylic oxidation sites excluding steroid dienone is 1. The first-order chi connectivity index (χ1) is 6.24. The number of nitrogens with two attached hydrogens (primary N) is 1. The van der Waals surface area contributed by atoms with Gasteiger partial charge in [-0.15, -0.1) is 6.58 Å². The molecule has 0 aliphatic carbocycles. The summed E-state index contributed by atoms with van der Waals surface area (Å²) in [5, 5.41) is 0. The van der Waals surface area contributed by atoms with E-state index in [1.165, 1.54) is 12.1 Å². The summed E-state index contributed by atoms with van der Waals surface area (Å²) in [6.07, 6.45) is 3.49. The standard InChI is InChI=1S/C11H14FN/c1-2-3-7-11(13)9-5-4-6-10(12)8-9/h2,4-6,8,11H,1,3,7,13H2/t11-/m0/s1. The quantitative estimate of drug-likeness (QED) is 0.707. The van der Waals surface area contributed by atoms with Crippen molar-refractivity contribution in [2.75, 3.05) is 0 Å². The molecule has 1 rings (SSSR count). The Labute approximate surface area is 78.1 Å². The Bertz CT molecular complexity index is 283. The molecule has 0 bridgehead atoms. The van der Waals surface area contributed by atoms with E-state index in [2.05, 4.69) is 6.58 Å². The van der Waals surface area contributed by atoms with Crippen molar-refractivity contribution in [1.29, 1.82) is 0 Å². The van der Waals surface area contributed by atoms with Crippen LogP contribution in [-0.4, -0.2) is 0 Å². The maximum absolute atomic E-state index is 12.8. The fraction of sp³-hybridized carbons (Fsp3) is 0.273. The number of rotatable bonds is 4. The van der Waals surface area contributed by atoms with E-state index in [-0.39, 0.29) is 11.9 Å². The Kier molecular flexibility index (Phi) is 3.65. The lowest BCUT2D eigenvalue weighted by Crippen LogP contribution is -2.09. The second kappa shape index (κ2) is 4.77. The zero-order valence-electron chi connectivity index (χ0n) is 7.54. The van der Waals surface area contributed by atoms with Crippen LogP contribution in [0.1, 0.15) is 24.4 Å². The highest BCUT2D eigenvalue weighted by Crippen LogP contribution is 2.16. The summed E-state index contributed by atoms with van der Waals surface area (Å²) in [7, 11) is 0. The third-order valence-electron chi connectivity index (χ3n) is 1.96. The van der Waals surface area contributed by atoms with Gasteiger partial charge in [0.15, 0.2) is 0 Å². The number of hydrogen-bond donors (Lipinski definition) is 1. The Balaban J connectivity index is 2.65. The second-order valence-electron chi connectivity index (χ2n) is 3.03. The molecule has 0 saturated carbocycles. The van der Waals surface area contributed by atoms with Crippen molar-refractivity contribution in [1.82, 2.24) is 0 Å². The molecule has 0 aliphatic rings. The van der Waals surface area contributed by atoms with Crippen LogP contribution in [0.2, 0.25) is 0 Å². The monoisotopic (exact) mass is 179 g/mol. The molecular weight excluding hydrogens is 165 g/mol. The molecule has 1 aromatic carbocycles. The average molecular weight is 179 g/mol. The molecule has 13 heavy (non-hydrogen) atoms. The third-order valence-corrected chi connectivity index (χ3v) is 1.96. The van der Waals surface area contributed by atoms with Crippen LogP contribution in [0.15, 0.2) is 36.9 Å². The lowest BCUT2D eigenvalue weighted by atomic mass is 10.0. The van der Waals surface area contributed by atoms with Gasteiger partial charge in [-0.05, 0) is 30.5 Å². The van der Waals surface area contributed by atoms with E-state index in [0.717, 1.165) is 18.4 Å². The molecule has 0 spiro atoms. The van der Waals surface area contributed by atoms with Gasteiger partial charge >= 0.3 is 0 Å². The first-order valence-corrected chi connectivity index (χ1v) is 4.36. The second-order valence-corrected chi connectivity index (χ2v) is 3.03. The zero-order valence-corrected chi connectivity index (χ0v) is 7.54. The number of halogens is 1. The summed E-state index contributed by atoms with van der Waals surface area (Å²) in [4.78, 5) is 0. The van der Waals surface area contributed by atoms with Crippen molar-refractivity contribution in [3.05, 3.63) is 48.3 Å². The maximum Gasteiger partial charge on any atom is 0.123 e. The molecule has 0 unspecified atom stereocenters. The maximum atomic E-state index is 12.8. The van der Waals surface area contributed by atoms with Gasteiger partial charge in [-0.3, -0.25) is 0 Å². The smallest absolute Gasteiger partial charge is 0.123 e. The van der Waals surface area contributed by atoms with Gasteiger partial charge in [0.05, 0.1) is 0 Å². The largest absolute Gasteiger partial charge is 0.324 e. The molecule has 0 amide bonds. The highest BCUT2D eigenvalue weighted by atomic mass is 19.1. The van der Waals surface area contributed by atoms with Crippen LogP contribution in [0, 0.1) is 5.82 Å². The lowest BCUT2D eigenvalue weighted by Gasteiger charge is -2.10. The molecule has 1 atom stereocenters. The third kappa shape index (κ3) is 2.99. The van der Waals surface area contributed by atoms with Crippen LogP contribution >= 0.6 is 0 Å². The minimum atomic E-state index is -0.230. The molecule has 2 N–H and O–H groups in total. The van der Waals surface area contributed by atoms with Crippen molar-refractivity contribution in [2.24, 2.45) is 5.73 Å². The summed E-state index contributed by atoms with van der Waals surface area (Å²) < 4.78 is 12.8. The van der Waals surface area contributed by atoms with Crippen LogP contribution in [0.5, 0.6) is 0 Å². The van der Waals surface area contributed by atoms with Crippen molar-refractivity contribution < 1.29 is 4.39 Å². The van der Waals surface area contributed by atoms with Gasteiger partial charge in [0.1, 0.15) is 5.82 Å². The Hall–Kier alpha value is -1.15. The van der Waals surface area contributed by atoms with Crippen LogP contribution in [0.25, 0.3) is 0 Å². The fourth-order valence-corrected chi connectivity index (χ4v) is 1.20. The van der Waals surface area contributed by atoms with Crippen molar-refractivity contribution in [2.45, 2.75) is 18.9 Å². The summed E-state index contributed by atoms with van der Waals surface area (Å²) in [5.74, 6) is -0.230. The molecule has 70 valence electrons. The summed E-state index contributed by atoms with van der Waals surface area (Å²) in [6, 6.07) is 6.33. The summed E-state index contributed by atoms with van der Waals surface area (Å²) in [6.45, 7) is 3.61. The molecule has 0 aromatic heterocycles. The normalized spacial score (nSPS) is 12.5. The molecule has 1 nitrogen and oxygen atoms in total. The van der Waals surface area contributed by atoms with Gasteiger partial charge in [-0.2, -0.15) is 0 Å². The molecule has 2 heteroatoms. The van der Waals surface area contributed by atoms with Gasteiger partial charge in [-0.1, -0.05) is 18.2 Å². The van der Waals surface area contributed by atoms with Crippen LogP contribution < -0.4 is 5.73 Å². The molecule has 1 aromatic rings. The van der Waals surface area contributed by atoms with Gasteiger partial charge in [0, 0.05) is 6.04 Å². The highest BCUT2D eigenvalue weighted by molar-refractivity contribution is 5.19.